The number of amides is 1. The van der Waals surface area contributed by atoms with Crippen molar-refractivity contribution in [2.24, 2.45) is 0 Å². The predicted molar refractivity (Wildman–Crippen MR) is 49.1 cm³/mol. The van der Waals surface area contributed by atoms with Crippen molar-refractivity contribution in [1.29, 1.82) is 0 Å². The van der Waals surface area contributed by atoms with Gasteiger partial charge < -0.3 is 10.6 Å². The Balaban J connectivity index is 2.26. The third kappa shape index (κ3) is 2.26. The average Bonchev–Trinajstić information content (AvgIpc) is 2.45. The molecule has 2 N–H and O–H groups in total. The molecule has 2 rings (SSSR count). The van der Waals surface area contributed by atoms with Crippen LogP contribution in [-0.4, -0.2) is 35.0 Å². The third-order valence-corrected chi connectivity index (χ3v) is 2.04. The zero-order chi connectivity index (χ0) is 11.8. The molecule has 1 aliphatic heterocycles. The van der Waals surface area contributed by atoms with Crippen molar-refractivity contribution < 1.29 is 18.0 Å². The van der Waals surface area contributed by atoms with E-state index in [0.717, 1.165) is 0 Å². The number of aromatic nitrogens is 2. The zero-order valence-corrected chi connectivity index (χ0v) is 8.14. The van der Waals surface area contributed by atoms with Crippen LogP contribution in [0.4, 0.5) is 18.9 Å². The van der Waals surface area contributed by atoms with Crippen LogP contribution in [-0.2, 0) is 6.54 Å². The van der Waals surface area contributed by atoms with E-state index in [1.54, 1.807) is 0 Å². The Morgan fingerprint density at radius 2 is 2.06 bits per heavy atom. The van der Waals surface area contributed by atoms with Gasteiger partial charge in [0.25, 0.3) is 5.91 Å². The van der Waals surface area contributed by atoms with E-state index in [-0.39, 0.29) is 5.69 Å². The molecule has 0 aliphatic carbocycles. The minimum absolute atomic E-state index is 0.00162. The summed E-state index contributed by atoms with van der Waals surface area (Å²) >= 11 is 0. The Hall–Kier alpha value is -1.73. The average molecular weight is 234 g/mol. The van der Waals surface area contributed by atoms with E-state index < -0.39 is 18.6 Å². The van der Waals surface area contributed by atoms with Gasteiger partial charge in [0.15, 0.2) is 5.69 Å². The zero-order valence-electron chi connectivity index (χ0n) is 8.14. The standard InChI is InChI=1S/C8H9F3N4O/c9-8(10,11)4-15-3-5-6(14-15)7(16)13-2-1-12-5/h3,12H,1-2,4H2,(H,13,16). The highest BCUT2D eigenvalue weighted by Crippen LogP contribution is 2.20. The lowest BCUT2D eigenvalue weighted by Crippen LogP contribution is -2.26. The van der Waals surface area contributed by atoms with Gasteiger partial charge in [0.2, 0.25) is 0 Å². The van der Waals surface area contributed by atoms with Crippen LogP contribution in [0.2, 0.25) is 0 Å². The van der Waals surface area contributed by atoms with E-state index in [4.69, 9.17) is 0 Å². The van der Waals surface area contributed by atoms with Gasteiger partial charge in [-0.25, -0.2) is 0 Å². The van der Waals surface area contributed by atoms with Crippen LogP contribution < -0.4 is 10.6 Å². The van der Waals surface area contributed by atoms with Crippen molar-refractivity contribution in [2.45, 2.75) is 12.7 Å². The summed E-state index contributed by atoms with van der Waals surface area (Å²) in [6, 6.07) is 0. The van der Waals surface area contributed by atoms with Crippen LogP contribution in [0.1, 0.15) is 10.5 Å². The first-order chi connectivity index (χ1) is 7.46. The molecule has 1 aromatic rings. The maximum atomic E-state index is 12.1. The fourth-order valence-electron chi connectivity index (χ4n) is 1.44. The first-order valence-corrected chi connectivity index (χ1v) is 4.62. The van der Waals surface area contributed by atoms with Gasteiger partial charge in [0, 0.05) is 19.3 Å². The van der Waals surface area contributed by atoms with Crippen LogP contribution >= 0.6 is 0 Å². The van der Waals surface area contributed by atoms with Crippen LogP contribution in [0.5, 0.6) is 0 Å². The molecule has 1 amide bonds. The summed E-state index contributed by atoms with van der Waals surface area (Å²) in [7, 11) is 0. The number of hydrogen-bond acceptors (Lipinski definition) is 3. The quantitative estimate of drug-likeness (QED) is 0.748. The number of halogens is 3. The maximum Gasteiger partial charge on any atom is 0.408 e. The second-order valence-electron chi connectivity index (χ2n) is 3.39. The Bertz CT molecular complexity index is 412. The van der Waals surface area contributed by atoms with Crippen molar-refractivity contribution in [3.63, 3.8) is 0 Å². The molecule has 0 atom stereocenters. The number of anilines is 1. The second kappa shape index (κ2) is 3.69. The lowest BCUT2D eigenvalue weighted by atomic mass is 10.3. The van der Waals surface area contributed by atoms with Crippen molar-refractivity contribution in [1.82, 2.24) is 15.1 Å². The van der Waals surface area contributed by atoms with Crippen LogP contribution in [0.25, 0.3) is 0 Å². The molecule has 0 unspecified atom stereocenters. The Labute approximate surface area is 88.6 Å². The molecule has 0 spiro atoms. The van der Waals surface area contributed by atoms with Crippen LogP contribution in [0, 0.1) is 0 Å². The highest BCUT2D eigenvalue weighted by atomic mass is 19.4. The molecule has 0 aromatic carbocycles. The molecule has 1 aliphatic rings. The fourth-order valence-corrected chi connectivity index (χ4v) is 1.44. The van der Waals surface area contributed by atoms with Crippen molar-refractivity contribution in [2.75, 3.05) is 18.4 Å². The highest BCUT2D eigenvalue weighted by molar-refractivity contribution is 5.98. The summed E-state index contributed by atoms with van der Waals surface area (Å²) in [6.45, 7) is -0.306. The van der Waals surface area contributed by atoms with Crippen LogP contribution in [0.15, 0.2) is 6.20 Å². The number of nitrogens with zero attached hydrogens (tertiary/aromatic N) is 2. The van der Waals surface area contributed by atoms with Gasteiger partial charge in [-0.1, -0.05) is 0 Å². The summed E-state index contributed by atoms with van der Waals surface area (Å²) < 4.78 is 37.0. The van der Waals surface area contributed by atoms with E-state index in [9.17, 15) is 18.0 Å². The van der Waals surface area contributed by atoms with Crippen molar-refractivity contribution in [3.8, 4) is 0 Å². The van der Waals surface area contributed by atoms with Crippen molar-refractivity contribution >= 4 is 11.6 Å². The number of carbonyl (C=O) groups excluding carboxylic acids is 1. The molecule has 16 heavy (non-hydrogen) atoms. The molecule has 8 heteroatoms. The Morgan fingerprint density at radius 1 is 1.38 bits per heavy atom. The Kier molecular flexibility index (Phi) is 2.49. The number of fused-ring (bicyclic) bond motifs is 1. The first-order valence-electron chi connectivity index (χ1n) is 4.62. The third-order valence-electron chi connectivity index (χ3n) is 2.04. The normalized spacial score (nSPS) is 16.1. The number of hydrogen-bond donors (Lipinski definition) is 2. The minimum Gasteiger partial charge on any atom is -0.380 e. The van der Waals surface area contributed by atoms with E-state index in [1.165, 1.54) is 6.20 Å². The molecule has 0 saturated heterocycles. The molecular formula is C8H9F3N4O. The summed E-state index contributed by atoms with van der Waals surface area (Å²) in [6.07, 6.45) is -3.16. The SMILES string of the molecule is O=C1NCCNc2cn(CC(F)(F)F)nc21. The molecule has 0 radical (unpaired) electrons. The van der Waals surface area contributed by atoms with Gasteiger partial charge in [-0.3, -0.25) is 9.48 Å². The van der Waals surface area contributed by atoms with Gasteiger partial charge in [-0.15, -0.1) is 0 Å². The monoisotopic (exact) mass is 234 g/mol. The molecule has 0 bridgehead atoms. The highest BCUT2D eigenvalue weighted by Gasteiger charge is 2.30. The molecule has 88 valence electrons. The van der Waals surface area contributed by atoms with E-state index in [2.05, 4.69) is 15.7 Å². The number of nitrogens with one attached hydrogen (secondary N) is 2. The predicted octanol–water partition coefficient (Wildman–Crippen LogP) is 0.601. The first kappa shape index (κ1) is 10.8. The fraction of sp³-hybridized carbons (Fsp3) is 0.500. The van der Waals surface area contributed by atoms with E-state index >= 15 is 0 Å². The van der Waals surface area contributed by atoms with Gasteiger partial charge in [-0.2, -0.15) is 18.3 Å². The van der Waals surface area contributed by atoms with Gasteiger partial charge in [0.05, 0.1) is 5.69 Å². The summed E-state index contributed by atoms with van der Waals surface area (Å²) in [5.74, 6) is -0.457. The number of rotatable bonds is 1. The summed E-state index contributed by atoms with van der Waals surface area (Å²) in [5.41, 5.74) is 0.334. The molecule has 2 heterocycles. The lowest BCUT2D eigenvalue weighted by Gasteiger charge is -2.05. The Morgan fingerprint density at radius 3 is 2.75 bits per heavy atom. The van der Waals surface area contributed by atoms with Gasteiger partial charge in [-0.05, 0) is 0 Å². The van der Waals surface area contributed by atoms with E-state index in [0.29, 0.717) is 23.5 Å². The largest absolute Gasteiger partial charge is 0.408 e. The molecule has 0 saturated carbocycles. The van der Waals surface area contributed by atoms with Gasteiger partial charge >= 0.3 is 6.18 Å². The smallest absolute Gasteiger partial charge is 0.380 e. The topological polar surface area (TPSA) is 59.0 Å². The van der Waals surface area contributed by atoms with Crippen LogP contribution in [0.3, 0.4) is 0 Å². The summed E-state index contributed by atoms with van der Waals surface area (Å²) in [5, 5.41) is 8.95. The molecular weight excluding hydrogens is 225 g/mol. The number of carbonyl (C=O) groups is 1. The number of alkyl halides is 3. The van der Waals surface area contributed by atoms with E-state index in [1.807, 2.05) is 0 Å². The molecule has 5 nitrogen and oxygen atoms in total. The maximum absolute atomic E-state index is 12.1. The lowest BCUT2D eigenvalue weighted by molar-refractivity contribution is -0.142. The second-order valence-corrected chi connectivity index (χ2v) is 3.39. The molecule has 1 aromatic heterocycles. The summed E-state index contributed by atoms with van der Waals surface area (Å²) in [4.78, 5) is 11.4. The molecule has 0 fully saturated rings. The van der Waals surface area contributed by atoms with Gasteiger partial charge in [0.1, 0.15) is 6.54 Å². The van der Waals surface area contributed by atoms with Crippen molar-refractivity contribution in [3.05, 3.63) is 11.9 Å². The minimum atomic E-state index is -4.35.